The maximum Gasteiger partial charge on any atom is 0.264 e. The maximum atomic E-state index is 13.0. The minimum absolute atomic E-state index is 0.209. The van der Waals surface area contributed by atoms with E-state index in [4.69, 9.17) is 11.6 Å². The second kappa shape index (κ2) is 5.49. The predicted octanol–water partition coefficient (Wildman–Crippen LogP) is 3.92. The van der Waals surface area contributed by atoms with Crippen LogP contribution in [0.1, 0.15) is 31.5 Å². The molecule has 0 amide bonds. The molecular formula is C17H19ClN2O2S. The minimum atomic E-state index is -3.60. The monoisotopic (exact) mass is 350 g/mol. The summed E-state index contributed by atoms with van der Waals surface area (Å²) in [4.78, 5) is 4.69. The summed E-state index contributed by atoms with van der Waals surface area (Å²) >= 11 is 6.02. The maximum absolute atomic E-state index is 13.0. The molecule has 0 fully saturated rings. The van der Waals surface area contributed by atoms with Gasteiger partial charge in [-0.05, 0) is 37.6 Å². The lowest BCUT2D eigenvalue weighted by molar-refractivity contribution is 0.453. The van der Waals surface area contributed by atoms with Gasteiger partial charge in [-0.3, -0.25) is 4.31 Å². The molecule has 0 bridgehead atoms. The van der Waals surface area contributed by atoms with Crippen molar-refractivity contribution in [3.8, 4) is 0 Å². The van der Waals surface area contributed by atoms with E-state index in [0.29, 0.717) is 28.7 Å². The van der Waals surface area contributed by atoms with Gasteiger partial charge in [0.2, 0.25) is 0 Å². The van der Waals surface area contributed by atoms with E-state index < -0.39 is 10.0 Å². The fourth-order valence-corrected chi connectivity index (χ4v) is 4.45. The first-order valence-electron chi connectivity index (χ1n) is 7.48. The number of aromatic nitrogens is 1. The molecule has 1 aromatic carbocycles. The van der Waals surface area contributed by atoms with Gasteiger partial charge >= 0.3 is 0 Å². The Morgan fingerprint density at radius 1 is 1.13 bits per heavy atom. The third-order valence-electron chi connectivity index (χ3n) is 4.30. The van der Waals surface area contributed by atoms with Crippen molar-refractivity contribution in [2.45, 2.75) is 37.5 Å². The van der Waals surface area contributed by atoms with Crippen LogP contribution < -0.4 is 4.31 Å². The van der Waals surface area contributed by atoms with E-state index in [1.54, 1.807) is 24.3 Å². The molecule has 1 aromatic heterocycles. The third-order valence-corrected chi connectivity index (χ3v) is 6.34. The fourth-order valence-electron chi connectivity index (χ4n) is 2.83. The first-order chi connectivity index (χ1) is 10.7. The van der Waals surface area contributed by atoms with Gasteiger partial charge in [-0.25, -0.2) is 13.4 Å². The number of anilines is 1. The van der Waals surface area contributed by atoms with E-state index in [1.807, 2.05) is 19.1 Å². The molecule has 0 saturated carbocycles. The Hall–Kier alpha value is -1.59. The highest BCUT2D eigenvalue weighted by Crippen LogP contribution is 2.41. The molecule has 1 aliphatic heterocycles. The molecule has 0 saturated heterocycles. The molecule has 3 rings (SSSR count). The van der Waals surface area contributed by atoms with Crippen LogP contribution >= 0.6 is 11.6 Å². The van der Waals surface area contributed by atoms with Crippen molar-refractivity contribution in [3.63, 3.8) is 0 Å². The van der Waals surface area contributed by atoms with Crippen molar-refractivity contribution in [1.82, 2.24) is 4.98 Å². The van der Waals surface area contributed by atoms with E-state index in [9.17, 15) is 8.42 Å². The number of hydrogen-bond acceptors (Lipinski definition) is 3. The molecule has 0 N–H and O–H groups in total. The van der Waals surface area contributed by atoms with Gasteiger partial charge in [0.05, 0.1) is 16.3 Å². The average Bonchev–Trinajstić information content (AvgIpc) is 2.48. The Kier molecular flexibility index (Phi) is 3.89. The molecule has 0 atom stereocenters. The molecule has 6 heteroatoms. The van der Waals surface area contributed by atoms with Gasteiger partial charge in [-0.1, -0.05) is 43.1 Å². The van der Waals surface area contributed by atoms with Crippen molar-refractivity contribution in [3.05, 3.63) is 52.8 Å². The molecule has 0 unspecified atom stereocenters. The summed E-state index contributed by atoms with van der Waals surface area (Å²) in [5.41, 5.74) is 2.16. The van der Waals surface area contributed by atoms with Crippen LogP contribution in [0.5, 0.6) is 0 Å². The number of sulfonamides is 1. The second-order valence-electron chi connectivity index (χ2n) is 6.53. The summed E-state index contributed by atoms with van der Waals surface area (Å²) in [6.45, 7) is 6.48. The molecule has 0 aliphatic carbocycles. The van der Waals surface area contributed by atoms with Crippen LogP contribution in [-0.2, 0) is 15.4 Å². The second-order valence-corrected chi connectivity index (χ2v) is 8.78. The molecule has 4 nitrogen and oxygen atoms in total. The van der Waals surface area contributed by atoms with Crippen LogP contribution in [0.25, 0.3) is 0 Å². The van der Waals surface area contributed by atoms with Crippen LogP contribution in [0.15, 0.2) is 41.3 Å². The minimum Gasteiger partial charge on any atom is -0.264 e. The quantitative estimate of drug-likeness (QED) is 0.771. The van der Waals surface area contributed by atoms with Gasteiger partial charge in [0.15, 0.2) is 0 Å². The van der Waals surface area contributed by atoms with E-state index in [2.05, 4.69) is 18.8 Å². The first kappa shape index (κ1) is 16.3. The normalized spacial score (nSPS) is 17.0. The Labute approximate surface area is 142 Å². The lowest BCUT2D eigenvalue weighted by Gasteiger charge is -2.38. The fraction of sp³-hybridized carbons (Fsp3) is 0.353. The SMILES string of the molecule is Cc1ccc(S(=O)(=O)N2CCC(C)(C)c3nc(Cl)ccc32)cc1. The van der Waals surface area contributed by atoms with E-state index in [1.165, 1.54) is 4.31 Å². The summed E-state index contributed by atoms with van der Waals surface area (Å²) < 4.78 is 27.5. The van der Waals surface area contributed by atoms with Gasteiger partial charge in [0.25, 0.3) is 10.0 Å². The van der Waals surface area contributed by atoms with Crippen molar-refractivity contribution >= 4 is 27.3 Å². The predicted molar refractivity (Wildman–Crippen MR) is 92.6 cm³/mol. The van der Waals surface area contributed by atoms with Gasteiger partial charge < -0.3 is 0 Å². The van der Waals surface area contributed by atoms with Crippen LogP contribution in [0.3, 0.4) is 0 Å². The molecule has 122 valence electrons. The summed E-state index contributed by atoms with van der Waals surface area (Å²) in [6.07, 6.45) is 0.693. The highest BCUT2D eigenvalue weighted by molar-refractivity contribution is 7.92. The number of aryl methyl sites for hydroxylation is 1. The Bertz CT molecular complexity index is 845. The molecule has 2 heterocycles. The molecular weight excluding hydrogens is 332 g/mol. The summed E-state index contributed by atoms with van der Waals surface area (Å²) in [6, 6.07) is 10.3. The number of benzene rings is 1. The number of nitrogens with zero attached hydrogens (tertiary/aromatic N) is 2. The van der Waals surface area contributed by atoms with Crippen LogP contribution in [0.2, 0.25) is 5.15 Å². The highest BCUT2D eigenvalue weighted by Gasteiger charge is 2.38. The Morgan fingerprint density at radius 2 is 1.78 bits per heavy atom. The van der Waals surface area contributed by atoms with Gasteiger partial charge in [-0.2, -0.15) is 0 Å². The molecule has 0 spiro atoms. The van der Waals surface area contributed by atoms with Crippen LogP contribution in [-0.4, -0.2) is 19.9 Å². The van der Waals surface area contributed by atoms with Crippen molar-refractivity contribution in [2.75, 3.05) is 10.8 Å². The standard InChI is InChI=1S/C17H19ClN2O2S/c1-12-4-6-13(7-5-12)23(21,22)20-11-10-17(2,3)16-14(20)8-9-15(18)19-16/h4-9H,10-11H2,1-3H3. The van der Waals surface area contributed by atoms with Gasteiger partial charge in [0, 0.05) is 12.0 Å². The smallest absolute Gasteiger partial charge is 0.264 e. The number of hydrogen-bond donors (Lipinski definition) is 0. The number of rotatable bonds is 2. The molecule has 23 heavy (non-hydrogen) atoms. The largest absolute Gasteiger partial charge is 0.264 e. The highest BCUT2D eigenvalue weighted by atomic mass is 35.5. The zero-order valence-electron chi connectivity index (χ0n) is 13.4. The zero-order chi connectivity index (χ0) is 16.8. The summed E-state index contributed by atoms with van der Waals surface area (Å²) in [5.74, 6) is 0. The first-order valence-corrected chi connectivity index (χ1v) is 9.30. The van der Waals surface area contributed by atoms with Crippen molar-refractivity contribution < 1.29 is 8.42 Å². The van der Waals surface area contributed by atoms with Gasteiger partial charge in [0.1, 0.15) is 5.15 Å². The van der Waals surface area contributed by atoms with Crippen molar-refractivity contribution in [1.29, 1.82) is 0 Å². The number of pyridine rings is 1. The summed E-state index contributed by atoms with van der Waals surface area (Å²) in [5, 5.41) is 0.381. The zero-order valence-corrected chi connectivity index (χ0v) is 14.9. The van der Waals surface area contributed by atoms with Gasteiger partial charge in [-0.15, -0.1) is 0 Å². The third kappa shape index (κ3) is 2.83. The molecule has 2 aromatic rings. The Balaban J connectivity index is 2.13. The van der Waals surface area contributed by atoms with E-state index >= 15 is 0 Å². The van der Waals surface area contributed by atoms with Crippen LogP contribution in [0.4, 0.5) is 5.69 Å². The lowest BCUT2D eigenvalue weighted by Crippen LogP contribution is -2.41. The van der Waals surface area contributed by atoms with Crippen molar-refractivity contribution in [2.24, 2.45) is 0 Å². The number of halogens is 1. The molecule has 0 radical (unpaired) electrons. The average molecular weight is 351 g/mol. The molecule has 1 aliphatic rings. The Morgan fingerprint density at radius 3 is 2.43 bits per heavy atom. The van der Waals surface area contributed by atoms with Crippen LogP contribution in [0, 0.1) is 6.92 Å². The lowest BCUT2D eigenvalue weighted by atomic mass is 9.82. The topological polar surface area (TPSA) is 50.3 Å². The number of fused-ring (bicyclic) bond motifs is 1. The van der Waals surface area contributed by atoms with E-state index in [-0.39, 0.29) is 5.41 Å². The summed E-state index contributed by atoms with van der Waals surface area (Å²) in [7, 11) is -3.60. The van der Waals surface area contributed by atoms with E-state index in [0.717, 1.165) is 11.3 Å².